The Morgan fingerprint density at radius 2 is 1.91 bits per heavy atom. The molecule has 33 heavy (non-hydrogen) atoms. The molecule has 0 unspecified atom stereocenters. The molecule has 0 fully saturated rings. The maximum Gasteiger partial charge on any atom is 0.416 e. The van der Waals surface area contributed by atoms with Gasteiger partial charge in [-0.25, -0.2) is 18.6 Å². The Balaban J connectivity index is 2.25. The minimum atomic E-state index is -4.61. The molecule has 0 aliphatic carbocycles. The fourth-order valence-corrected chi connectivity index (χ4v) is 4.68. The lowest BCUT2D eigenvalue weighted by Gasteiger charge is -2.40. The molecule has 2 aromatic carbocycles. The van der Waals surface area contributed by atoms with Crippen LogP contribution in [0.15, 0.2) is 58.8 Å². The Morgan fingerprint density at radius 1 is 1.24 bits per heavy atom. The smallest absolute Gasteiger partial charge is 0.325 e. The summed E-state index contributed by atoms with van der Waals surface area (Å²) in [6, 6.07) is 8.55. The third-order valence-electron chi connectivity index (χ3n) is 5.25. The van der Waals surface area contributed by atoms with Gasteiger partial charge in [0.25, 0.3) is 0 Å². The second-order valence-electron chi connectivity index (χ2n) is 7.47. The lowest BCUT2D eigenvalue weighted by atomic mass is 9.97. The van der Waals surface area contributed by atoms with E-state index in [1.54, 1.807) is 0 Å². The normalized spacial score (nSPS) is 18.5. The van der Waals surface area contributed by atoms with Gasteiger partial charge >= 0.3 is 12.2 Å². The van der Waals surface area contributed by atoms with Crippen LogP contribution in [-0.4, -0.2) is 28.4 Å². The molecule has 0 spiro atoms. The molecular weight excluding hydrogens is 455 g/mol. The number of alkyl halides is 3. The number of anilines is 1. The highest BCUT2D eigenvalue weighted by Crippen LogP contribution is 2.42. The van der Waals surface area contributed by atoms with Gasteiger partial charge in [-0.15, -0.1) is 0 Å². The van der Waals surface area contributed by atoms with Gasteiger partial charge in [-0.3, -0.25) is 4.90 Å². The predicted molar refractivity (Wildman–Crippen MR) is 115 cm³/mol. The van der Waals surface area contributed by atoms with Crippen molar-refractivity contribution >= 4 is 21.4 Å². The highest BCUT2D eigenvalue weighted by atomic mass is 32.2. The highest BCUT2D eigenvalue weighted by Gasteiger charge is 2.40. The summed E-state index contributed by atoms with van der Waals surface area (Å²) in [4.78, 5) is 19.0. The van der Waals surface area contributed by atoms with Crippen molar-refractivity contribution in [1.82, 2.24) is 4.90 Å². The molecule has 1 aliphatic rings. The van der Waals surface area contributed by atoms with Crippen LogP contribution >= 0.6 is 0 Å². The van der Waals surface area contributed by atoms with E-state index in [0.29, 0.717) is 0 Å². The zero-order valence-electron chi connectivity index (χ0n) is 17.8. The number of rotatable bonds is 3. The number of amides is 2. The van der Waals surface area contributed by atoms with E-state index in [4.69, 9.17) is 11.4 Å². The number of nitrogens with zero attached hydrogens (tertiary/aromatic N) is 4. The molecule has 0 aromatic heterocycles. The summed E-state index contributed by atoms with van der Waals surface area (Å²) >= 11 is 0. The Labute approximate surface area is 189 Å². The van der Waals surface area contributed by atoms with Gasteiger partial charge in [0.1, 0.15) is 0 Å². The first-order valence-electron chi connectivity index (χ1n) is 9.41. The summed E-state index contributed by atoms with van der Waals surface area (Å²) in [5.41, 5.74) is -0.468. The summed E-state index contributed by atoms with van der Waals surface area (Å²) in [6.07, 6.45) is -3.45. The minimum Gasteiger partial charge on any atom is -0.325 e. The van der Waals surface area contributed by atoms with Crippen LogP contribution in [0.3, 0.4) is 0 Å². The van der Waals surface area contributed by atoms with Crippen molar-refractivity contribution in [2.24, 2.45) is 0 Å². The van der Waals surface area contributed by atoms with Gasteiger partial charge in [-0.05, 0) is 42.8 Å². The summed E-state index contributed by atoms with van der Waals surface area (Å²) in [6.45, 7) is 9.16. The summed E-state index contributed by atoms with van der Waals surface area (Å²) in [5, 5.41) is 9.19. The molecule has 1 aliphatic heterocycles. The third-order valence-corrected chi connectivity index (χ3v) is 6.45. The van der Waals surface area contributed by atoms with Gasteiger partial charge in [0.2, 0.25) is 5.70 Å². The maximum atomic E-state index is 13.3. The van der Waals surface area contributed by atoms with Crippen molar-refractivity contribution in [1.29, 1.82) is 10.0 Å². The van der Waals surface area contributed by atoms with E-state index >= 15 is 0 Å². The van der Waals surface area contributed by atoms with Gasteiger partial charge in [-0.2, -0.15) is 18.4 Å². The number of hydrogen-bond acceptors (Lipinski definition) is 4. The van der Waals surface area contributed by atoms with Crippen LogP contribution in [0.2, 0.25) is 0 Å². The quantitative estimate of drug-likeness (QED) is 0.607. The van der Waals surface area contributed by atoms with E-state index in [1.165, 1.54) is 50.6 Å². The highest BCUT2D eigenvalue weighted by molar-refractivity contribution is 7.91. The first kappa shape index (κ1) is 23.8. The average molecular weight is 473 g/mol. The van der Waals surface area contributed by atoms with Crippen LogP contribution in [0.1, 0.15) is 29.7 Å². The third kappa shape index (κ3) is 4.28. The van der Waals surface area contributed by atoms with Crippen LogP contribution in [0.4, 0.5) is 23.7 Å². The Kier molecular flexibility index (Phi) is 5.96. The Hall–Kier alpha value is -3.83. The van der Waals surface area contributed by atoms with E-state index in [2.05, 4.69) is 4.85 Å². The van der Waals surface area contributed by atoms with Crippen molar-refractivity contribution in [3.8, 4) is 6.07 Å². The fraction of sp³-hybridized carbons (Fsp3) is 0.227. The van der Waals surface area contributed by atoms with E-state index in [0.717, 1.165) is 21.9 Å². The van der Waals surface area contributed by atoms with Crippen LogP contribution in [0.5, 0.6) is 0 Å². The maximum absolute atomic E-state index is 13.3. The van der Waals surface area contributed by atoms with Crippen molar-refractivity contribution in [3.05, 3.63) is 82.0 Å². The number of nitriles is 1. The van der Waals surface area contributed by atoms with Crippen molar-refractivity contribution < 1.29 is 22.2 Å². The number of halogens is 3. The van der Waals surface area contributed by atoms with Gasteiger partial charge in [-0.1, -0.05) is 12.1 Å². The van der Waals surface area contributed by atoms with Gasteiger partial charge in [0, 0.05) is 24.7 Å². The molecule has 1 heterocycles. The summed E-state index contributed by atoms with van der Waals surface area (Å²) in [5.74, 6) is 0. The Bertz CT molecular complexity index is 1370. The largest absolute Gasteiger partial charge is 0.416 e. The predicted octanol–water partition coefficient (Wildman–Crippen LogP) is 5.38. The first-order valence-corrected chi connectivity index (χ1v) is 11.4. The van der Waals surface area contributed by atoms with Crippen LogP contribution in [0.25, 0.3) is 4.85 Å². The Morgan fingerprint density at radius 3 is 2.45 bits per heavy atom. The summed E-state index contributed by atoms with van der Waals surface area (Å²) in [7, 11) is -1.98. The number of allylic oxidation sites excluding steroid dienone is 1. The number of likely N-dealkylation sites (N-methyl/N-ethyl adjacent to an activating group) is 1. The van der Waals surface area contributed by atoms with E-state index in [9.17, 15) is 27.4 Å². The lowest BCUT2D eigenvalue weighted by Crippen LogP contribution is -2.47. The fourth-order valence-electron chi connectivity index (χ4n) is 3.70. The second kappa shape index (κ2) is 8.26. The van der Waals surface area contributed by atoms with Gasteiger partial charge in [0.15, 0.2) is 0 Å². The van der Waals surface area contributed by atoms with E-state index in [-0.39, 0.29) is 33.1 Å². The number of urea groups is 1. The topological polar surface area (TPSA) is 92.6 Å². The monoisotopic (exact) mass is 473 g/mol. The molecule has 0 bridgehead atoms. The molecule has 2 aromatic rings. The SMILES string of the molecule is [C-]#[N+]C1=C(C)N(c2cccc(C(F)(F)F)c2)C(=O)N(C)[C@@H]1c1ccc(C#N)cc1[S@](C)(=N)=O. The van der Waals surface area contributed by atoms with E-state index < -0.39 is 33.5 Å². The zero-order valence-corrected chi connectivity index (χ0v) is 18.6. The molecule has 0 saturated carbocycles. The number of benzene rings is 2. The van der Waals surface area contributed by atoms with Crippen molar-refractivity contribution in [2.75, 3.05) is 18.2 Å². The number of carbonyl (C=O) groups is 1. The van der Waals surface area contributed by atoms with Crippen LogP contribution < -0.4 is 4.90 Å². The summed E-state index contributed by atoms with van der Waals surface area (Å²) < 4.78 is 60.3. The van der Waals surface area contributed by atoms with Crippen LogP contribution in [0, 0.1) is 22.7 Å². The molecule has 170 valence electrons. The molecule has 0 saturated heterocycles. The zero-order chi connectivity index (χ0) is 24.7. The minimum absolute atomic E-state index is 0.00710. The van der Waals surface area contributed by atoms with Gasteiger partial charge < -0.3 is 4.90 Å². The van der Waals surface area contributed by atoms with Crippen molar-refractivity contribution in [2.45, 2.75) is 24.0 Å². The molecule has 11 heteroatoms. The van der Waals surface area contributed by atoms with E-state index in [1.807, 2.05) is 6.07 Å². The molecule has 7 nitrogen and oxygen atoms in total. The molecule has 0 radical (unpaired) electrons. The van der Waals surface area contributed by atoms with Gasteiger partial charge in [0.05, 0.1) is 44.4 Å². The number of carbonyl (C=O) groups excluding carboxylic acids is 1. The first-order chi connectivity index (χ1) is 15.3. The van der Waals surface area contributed by atoms with Crippen molar-refractivity contribution in [3.63, 3.8) is 0 Å². The molecule has 3 rings (SSSR count). The average Bonchev–Trinajstić information content (AvgIpc) is 2.75. The lowest BCUT2D eigenvalue weighted by molar-refractivity contribution is -0.137. The van der Waals surface area contributed by atoms with Crippen LogP contribution in [-0.2, 0) is 15.9 Å². The standard InChI is InChI=1S/C22H18F3N5O2S/c1-13-19(28-2)20(17-9-8-14(12-26)10-18(17)33(4,27)32)29(3)21(31)30(13)16-7-5-6-15(11-16)22(23,24)25/h5-11,20,27H,1,3-4H3/t20-,33-/m1/s1. The molecule has 2 amide bonds. The molecular formula is C22H18F3N5O2S. The molecule has 1 N–H and O–H groups in total. The second-order valence-corrected chi connectivity index (χ2v) is 9.60. The number of nitrogens with one attached hydrogen (secondary N) is 1. The molecule has 2 atom stereocenters. The number of hydrogen-bond donors (Lipinski definition) is 1.